The van der Waals surface area contributed by atoms with Gasteiger partial charge >= 0.3 is 0 Å². The average Bonchev–Trinajstić information content (AvgIpc) is 2.36. The summed E-state index contributed by atoms with van der Waals surface area (Å²) in [6.45, 7) is 4.61. The zero-order valence-corrected chi connectivity index (χ0v) is 11.2. The molecule has 2 aliphatic rings. The Hall–Kier alpha value is -1.79. The summed E-state index contributed by atoms with van der Waals surface area (Å²) in [6, 6.07) is -0.513. The molecule has 19 heavy (non-hydrogen) atoms. The Bertz CT molecular complexity index is 429. The van der Waals surface area contributed by atoms with Crippen LogP contribution in [0.3, 0.4) is 0 Å². The summed E-state index contributed by atoms with van der Waals surface area (Å²) in [4.78, 5) is 25.8. The summed E-state index contributed by atoms with van der Waals surface area (Å²) in [5, 5.41) is 14.6. The Morgan fingerprint density at radius 3 is 2.68 bits per heavy atom. The molecule has 1 atom stereocenters. The van der Waals surface area contributed by atoms with Crippen LogP contribution in [-0.2, 0) is 9.59 Å². The summed E-state index contributed by atoms with van der Waals surface area (Å²) < 4.78 is 0. The predicted molar refractivity (Wildman–Crippen MR) is 68.4 cm³/mol. The molecule has 1 unspecified atom stereocenters. The van der Waals surface area contributed by atoms with E-state index in [9.17, 15) is 9.59 Å². The Kier molecular flexibility index (Phi) is 3.38. The van der Waals surface area contributed by atoms with Crippen LogP contribution >= 0.6 is 0 Å². The molecular formula is C12H20N4O3. The highest BCUT2D eigenvalue weighted by atomic mass is 16.4. The topological polar surface area (TPSA) is 108 Å². The van der Waals surface area contributed by atoms with Gasteiger partial charge in [0.1, 0.15) is 11.5 Å². The van der Waals surface area contributed by atoms with Crippen molar-refractivity contribution in [3.8, 4) is 0 Å². The zero-order chi connectivity index (χ0) is 14.2. The number of nitrogens with one attached hydrogen (secondary N) is 1. The van der Waals surface area contributed by atoms with Crippen molar-refractivity contribution in [1.82, 2.24) is 10.2 Å². The SMILES string of the molecule is CC1CC(C(=O)N2CCNC(=O)C2C)(C(N)=NO)C1. The van der Waals surface area contributed by atoms with Crippen LogP contribution in [0.2, 0.25) is 0 Å². The molecule has 4 N–H and O–H groups in total. The number of oxime groups is 1. The Morgan fingerprint density at radius 1 is 1.53 bits per heavy atom. The van der Waals surface area contributed by atoms with E-state index in [0.717, 1.165) is 0 Å². The summed E-state index contributed by atoms with van der Waals surface area (Å²) in [6.07, 6.45) is 1.12. The molecule has 0 aromatic carbocycles. The molecule has 1 heterocycles. The molecule has 1 saturated heterocycles. The van der Waals surface area contributed by atoms with Gasteiger partial charge in [0.05, 0.1) is 0 Å². The fourth-order valence-corrected chi connectivity index (χ4v) is 3.05. The number of carbonyl (C=O) groups is 2. The second-order valence-corrected chi connectivity index (χ2v) is 5.55. The third-order valence-electron chi connectivity index (χ3n) is 4.16. The van der Waals surface area contributed by atoms with Crippen LogP contribution in [0.4, 0.5) is 0 Å². The monoisotopic (exact) mass is 268 g/mol. The number of amides is 2. The highest BCUT2D eigenvalue weighted by Gasteiger charge is 2.54. The lowest BCUT2D eigenvalue weighted by atomic mass is 9.61. The largest absolute Gasteiger partial charge is 0.409 e. The Morgan fingerprint density at radius 2 is 2.16 bits per heavy atom. The van der Waals surface area contributed by atoms with Gasteiger partial charge in [0.15, 0.2) is 5.84 Å². The molecule has 1 saturated carbocycles. The molecule has 2 rings (SSSR count). The Labute approximate surface area is 111 Å². The van der Waals surface area contributed by atoms with Gasteiger partial charge < -0.3 is 21.2 Å². The minimum Gasteiger partial charge on any atom is -0.409 e. The minimum absolute atomic E-state index is 0.0474. The lowest BCUT2D eigenvalue weighted by Gasteiger charge is -2.48. The lowest BCUT2D eigenvalue weighted by Crippen LogP contribution is -2.64. The van der Waals surface area contributed by atoms with Gasteiger partial charge in [0.25, 0.3) is 0 Å². The molecule has 0 aromatic rings. The molecule has 1 aliphatic carbocycles. The summed E-state index contributed by atoms with van der Waals surface area (Å²) in [7, 11) is 0. The van der Waals surface area contributed by atoms with Crippen LogP contribution in [0.5, 0.6) is 0 Å². The van der Waals surface area contributed by atoms with Crippen LogP contribution in [0.1, 0.15) is 26.7 Å². The quantitative estimate of drug-likeness (QED) is 0.271. The van der Waals surface area contributed by atoms with E-state index in [0.29, 0.717) is 31.8 Å². The molecule has 0 aromatic heterocycles. The standard InChI is InChI=1S/C12H20N4O3/c1-7-5-12(6-7,10(13)15-19)11(18)16-4-3-14-9(17)8(16)2/h7-8,19H,3-6H2,1-2H3,(H2,13,15)(H,14,17). The number of hydrogen-bond acceptors (Lipinski definition) is 4. The maximum atomic E-state index is 12.7. The number of piperazine rings is 1. The molecule has 7 nitrogen and oxygen atoms in total. The summed E-state index contributed by atoms with van der Waals surface area (Å²) in [5.74, 6) is -0.0585. The number of carbonyl (C=O) groups excluding carboxylic acids is 2. The van der Waals surface area contributed by atoms with Gasteiger partial charge in [-0.2, -0.15) is 0 Å². The van der Waals surface area contributed by atoms with Crippen LogP contribution in [0, 0.1) is 11.3 Å². The van der Waals surface area contributed by atoms with E-state index >= 15 is 0 Å². The molecule has 2 amide bonds. The number of hydrogen-bond donors (Lipinski definition) is 3. The van der Waals surface area contributed by atoms with Crippen molar-refractivity contribution in [2.24, 2.45) is 22.2 Å². The highest BCUT2D eigenvalue weighted by Crippen LogP contribution is 2.47. The highest BCUT2D eigenvalue weighted by molar-refractivity contribution is 6.08. The van der Waals surface area contributed by atoms with Gasteiger partial charge in [-0.15, -0.1) is 0 Å². The van der Waals surface area contributed by atoms with E-state index in [4.69, 9.17) is 10.9 Å². The number of nitrogens with zero attached hydrogens (tertiary/aromatic N) is 2. The van der Waals surface area contributed by atoms with Crippen molar-refractivity contribution in [1.29, 1.82) is 0 Å². The fourth-order valence-electron chi connectivity index (χ4n) is 3.05. The van der Waals surface area contributed by atoms with Crippen molar-refractivity contribution in [2.45, 2.75) is 32.7 Å². The first kappa shape index (κ1) is 13.6. The van der Waals surface area contributed by atoms with Crippen molar-refractivity contribution < 1.29 is 14.8 Å². The van der Waals surface area contributed by atoms with E-state index in [1.807, 2.05) is 6.92 Å². The van der Waals surface area contributed by atoms with Crippen molar-refractivity contribution in [2.75, 3.05) is 13.1 Å². The number of nitrogens with two attached hydrogens (primary N) is 1. The lowest BCUT2D eigenvalue weighted by molar-refractivity contribution is -0.152. The third-order valence-corrected chi connectivity index (χ3v) is 4.16. The summed E-state index contributed by atoms with van der Waals surface area (Å²) in [5.41, 5.74) is 4.78. The second kappa shape index (κ2) is 4.71. The Balaban J connectivity index is 2.23. The first-order valence-corrected chi connectivity index (χ1v) is 6.49. The van der Waals surface area contributed by atoms with Gasteiger partial charge in [-0.05, 0) is 25.7 Å². The molecule has 0 bridgehead atoms. The first-order valence-electron chi connectivity index (χ1n) is 6.49. The van der Waals surface area contributed by atoms with E-state index in [2.05, 4.69) is 10.5 Å². The van der Waals surface area contributed by atoms with Gasteiger partial charge in [-0.3, -0.25) is 9.59 Å². The van der Waals surface area contributed by atoms with Crippen LogP contribution in [-0.4, -0.2) is 46.9 Å². The van der Waals surface area contributed by atoms with Crippen molar-refractivity contribution in [3.63, 3.8) is 0 Å². The molecule has 0 spiro atoms. The number of rotatable bonds is 2. The van der Waals surface area contributed by atoms with Crippen molar-refractivity contribution in [3.05, 3.63) is 0 Å². The predicted octanol–water partition coefficient (Wildman–Crippen LogP) is -0.504. The average molecular weight is 268 g/mol. The van der Waals surface area contributed by atoms with Gasteiger partial charge in [-0.25, -0.2) is 0 Å². The van der Waals surface area contributed by atoms with E-state index in [1.165, 1.54) is 4.90 Å². The summed E-state index contributed by atoms with van der Waals surface area (Å²) >= 11 is 0. The smallest absolute Gasteiger partial charge is 0.242 e. The molecule has 1 aliphatic heterocycles. The fraction of sp³-hybridized carbons (Fsp3) is 0.750. The van der Waals surface area contributed by atoms with Gasteiger partial charge in [0, 0.05) is 13.1 Å². The molecule has 2 fully saturated rings. The van der Waals surface area contributed by atoms with Crippen LogP contribution in [0.25, 0.3) is 0 Å². The van der Waals surface area contributed by atoms with Gasteiger partial charge in [0.2, 0.25) is 11.8 Å². The van der Waals surface area contributed by atoms with Gasteiger partial charge in [-0.1, -0.05) is 12.1 Å². The zero-order valence-electron chi connectivity index (χ0n) is 11.2. The molecule has 7 heteroatoms. The van der Waals surface area contributed by atoms with Crippen LogP contribution < -0.4 is 11.1 Å². The first-order chi connectivity index (χ1) is 8.92. The molecular weight excluding hydrogens is 248 g/mol. The van der Waals surface area contributed by atoms with E-state index in [-0.39, 0.29) is 17.6 Å². The normalized spacial score (nSPS) is 35.6. The maximum Gasteiger partial charge on any atom is 0.242 e. The molecule has 0 radical (unpaired) electrons. The van der Waals surface area contributed by atoms with Crippen molar-refractivity contribution >= 4 is 17.6 Å². The maximum absolute atomic E-state index is 12.7. The van der Waals surface area contributed by atoms with E-state index < -0.39 is 11.5 Å². The molecule has 106 valence electrons. The third kappa shape index (κ3) is 2.02. The van der Waals surface area contributed by atoms with Crippen LogP contribution in [0.15, 0.2) is 5.16 Å². The minimum atomic E-state index is -0.931. The van der Waals surface area contributed by atoms with E-state index in [1.54, 1.807) is 6.92 Å². The second-order valence-electron chi connectivity index (χ2n) is 5.55. The number of amidine groups is 1.